The number of nitrogens with zero attached hydrogens (tertiary/aromatic N) is 2. The number of ether oxygens (including phenoxy) is 2. The summed E-state index contributed by atoms with van der Waals surface area (Å²) in [6, 6.07) is 11.0. The highest BCUT2D eigenvalue weighted by molar-refractivity contribution is 7.89. The summed E-state index contributed by atoms with van der Waals surface area (Å²) in [6.45, 7) is 0.883. The molecule has 0 spiro atoms. The van der Waals surface area contributed by atoms with Crippen molar-refractivity contribution >= 4 is 26.7 Å². The molecule has 0 N–H and O–H groups in total. The van der Waals surface area contributed by atoms with Crippen LogP contribution in [-0.4, -0.2) is 43.9 Å². The third kappa shape index (κ3) is 3.90. The fourth-order valence-corrected chi connectivity index (χ4v) is 4.48. The SMILES string of the molecule is O=c1ccc2ccc(Oc3ccc(S(=O)(=O)N4CCOCC4)cc3[N+](=O)[O-])cc2o1. The average Bonchev–Trinajstić information content (AvgIpc) is 2.74. The molecular formula is C19H16N2O8S. The van der Waals surface area contributed by atoms with E-state index in [0.717, 1.165) is 6.07 Å². The monoisotopic (exact) mass is 432 g/mol. The number of sulfonamides is 1. The van der Waals surface area contributed by atoms with Crippen LogP contribution in [0.5, 0.6) is 11.5 Å². The number of hydrogen-bond donors (Lipinski definition) is 0. The Kier molecular flexibility index (Phi) is 5.24. The van der Waals surface area contributed by atoms with Crippen LogP contribution in [0.15, 0.2) is 62.6 Å². The van der Waals surface area contributed by atoms with Gasteiger partial charge in [0.05, 0.1) is 23.0 Å². The van der Waals surface area contributed by atoms with Gasteiger partial charge in [-0.1, -0.05) is 0 Å². The van der Waals surface area contributed by atoms with Crippen LogP contribution in [0.3, 0.4) is 0 Å². The number of nitro benzene ring substituents is 1. The lowest BCUT2D eigenvalue weighted by atomic mass is 10.2. The third-order valence-corrected chi connectivity index (χ3v) is 6.45. The molecule has 156 valence electrons. The molecule has 0 aliphatic carbocycles. The predicted octanol–water partition coefficient (Wildman–Crippen LogP) is 2.51. The van der Waals surface area contributed by atoms with Crippen molar-refractivity contribution in [2.75, 3.05) is 26.3 Å². The second kappa shape index (κ2) is 7.86. The summed E-state index contributed by atoms with van der Waals surface area (Å²) in [5.74, 6) is 0.0577. The maximum atomic E-state index is 12.8. The van der Waals surface area contributed by atoms with Crippen molar-refractivity contribution in [2.45, 2.75) is 4.90 Å². The predicted molar refractivity (Wildman–Crippen MR) is 105 cm³/mol. The Balaban J connectivity index is 1.69. The molecule has 0 unspecified atom stereocenters. The first-order valence-corrected chi connectivity index (χ1v) is 10.4. The molecule has 0 saturated carbocycles. The van der Waals surface area contributed by atoms with Crippen molar-refractivity contribution in [1.82, 2.24) is 4.31 Å². The molecule has 1 aliphatic rings. The van der Waals surface area contributed by atoms with Crippen molar-refractivity contribution < 1.29 is 27.2 Å². The Morgan fingerprint density at radius 1 is 1.03 bits per heavy atom. The quantitative estimate of drug-likeness (QED) is 0.342. The lowest BCUT2D eigenvalue weighted by molar-refractivity contribution is -0.385. The van der Waals surface area contributed by atoms with E-state index in [4.69, 9.17) is 13.9 Å². The molecule has 1 aromatic heterocycles. The van der Waals surface area contributed by atoms with E-state index in [1.807, 2.05) is 0 Å². The van der Waals surface area contributed by atoms with E-state index in [1.54, 1.807) is 18.2 Å². The largest absolute Gasteiger partial charge is 0.450 e. The highest BCUT2D eigenvalue weighted by Gasteiger charge is 2.29. The summed E-state index contributed by atoms with van der Waals surface area (Å²) < 4.78 is 42.6. The van der Waals surface area contributed by atoms with E-state index in [0.29, 0.717) is 5.39 Å². The summed E-state index contributed by atoms with van der Waals surface area (Å²) in [4.78, 5) is 22.0. The lowest BCUT2D eigenvalue weighted by Crippen LogP contribution is -2.40. The number of fused-ring (bicyclic) bond motifs is 1. The first-order valence-electron chi connectivity index (χ1n) is 8.93. The molecule has 1 aliphatic heterocycles. The number of benzene rings is 2. The first-order chi connectivity index (χ1) is 14.3. The zero-order valence-electron chi connectivity index (χ0n) is 15.5. The van der Waals surface area contributed by atoms with Crippen LogP contribution in [-0.2, 0) is 14.8 Å². The molecule has 0 radical (unpaired) electrons. The van der Waals surface area contributed by atoms with Gasteiger partial charge in [0.2, 0.25) is 15.8 Å². The van der Waals surface area contributed by atoms with Crippen molar-refractivity contribution in [1.29, 1.82) is 0 Å². The van der Waals surface area contributed by atoms with Gasteiger partial charge in [-0.3, -0.25) is 10.1 Å². The van der Waals surface area contributed by atoms with Crippen LogP contribution in [0.1, 0.15) is 0 Å². The Hall–Kier alpha value is -3.28. The minimum Gasteiger partial charge on any atom is -0.450 e. The molecule has 1 fully saturated rings. The minimum atomic E-state index is -3.90. The fraction of sp³-hybridized carbons (Fsp3) is 0.211. The van der Waals surface area contributed by atoms with E-state index < -0.39 is 26.3 Å². The second-order valence-electron chi connectivity index (χ2n) is 6.46. The number of nitro groups is 1. The molecular weight excluding hydrogens is 416 g/mol. The Bertz CT molecular complexity index is 1280. The highest BCUT2D eigenvalue weighted by Crippen LogP contribution is 2.35. The van der Waals surface area contributed by atoms with Crippen LogP contribution in [0.4, 0.5) is 5.69 Å². The van der Waals surface area contributed by atoms with Gasteiger partial charge in [0.1, 0.15) is 11.3 Å². The van der Waals surface area contributed by atoms with Gasteiger partial charge in [-0.05, 0) is 30.3 Å². The number of morpholine rings is 1. The summed E-state index contributed by atoms with van der Waals surface area (Å²) in [5, 5.41) is 12.2. The van der Waals surface area contributed by atoms with E-state index in [2.05, 4.69) is 0 Å². The van der Waals surface area contributed by atoms with Crippen molar-refractivity contribution in [2.24, 2.45) is 0 Å². The summed E-state index contributed by atoms with van der Waals surface area (Å²) >= 11 is 0. The van der Waals surface area contributed by atoms with Crippen LogP contribution in [0.25, 0.3) is 11.0 Å². The standard InChI is InChI=1S/C19H16N2O8S/c22-19-6-2-13-1-3-14(11-18(13)29-19)28-17-5-4-15(12-16(17)21(23)24)30(25,26)20-7-9-27-10-8-20/h1-6,11-12H,7-10H2. The maximum Gasteiger partial charge on any atom is 0.336 e. The van der Waals surface area contributed by atoms with E-state index in [-0.39, 0.29) is 48.3 Å². The van der Waals surface area contributed by atoms with Gasteiger partial charge in [-0.25, -0.2) is 13.2 Å². The number of hydrogen-bond acceptors (Lipinski definition) is 8. The van der Waals surface area contributed by atoms with Gasteiger partial charge < -0.3 is 13.9 Å². The summed E-state index contributed by atoms with van der Waals surface area (Å²) in [5.41, 5.74) is -0.781. The summed E-state index contributed by atoms with van der Waals surface area (Å²) in [6.07, 6.45) is 0. The van der Waals surface area contributed by atoms with E-state index in [9.17, 15) is 23.3 Å². The molecule has 10 nitrogen and oxygen atoms in total. The van der Waals surface area contributed by atoms with Gasteiger partial charge in [-0.2, -0.15) is 4.31 Å². The van der Waals surface area contributed by atoms with Gasteiger partial charge in [0.25, 0.3) is 0 Å². The van der Waals surface area contributed by atoms with Gasteiger partial charge in [0.15, 0.2) is 0 Å². The van der Waals surface area contributed by atoms with Crippen LogP contribution >= 0.6 is 0 Å². The zero-order chi connectivity index (χ0) is 21.3. The van der Waals surface area contributed by atoms with Gasteiger partial charge in [-0.15, -0.1) is 0 Å². The van der Waals surface area contributed by atoms with Crippen molar-refractivity contribution in [3.05, 3.63) is 69.1 Å². The third-order valence-electron chi connectivity index (χ3n) is 4.56. The minimum absolute atomic E-state index is 0.140. The molecule has 2 heterocycles. The molecule has 0 amide bonds. The molecule has 1 saturated heterocycles. The lowest BCUT2D eigenvalue weighted by Gasteiger charge is -2.26. The molecule has 4 rings (SSSR count). The molecule has 30 heavy (non-hydrogen) atoms. The molecule has 0 atom stereocenters. The second-order valence-corrected chi connectivity index (χ2v) is 8.40. The van der Waals surface area contributed by atoms with Crippen LogP contribution < -0.4 is 10.4 Å². The topological polar surface area (TPSA) is 129 Å². The number of rotatable bonds is 5. The van der Waals surface area contributed by atoms with E-state index >= 15 is 0 Å². The molecule has 11 heteroatoms. The van der Waals surface area contributed by atoms with Gasteiger partial charge >= 0.3 is 11.3 Å². The highest BCUT2D eigenvalue weighted by atomic mass is 32.2. The Labute approximate surface area is 170 Å². The van der Waals surface area contributed by atoms with E-state index in [1.165, 1.54) is 28.6 Å². The van der Waals surface area contributed by atoms with Crippen LogP contribution in [0, 0.1) is 10.1 Å². The van der Waals surface area contributed by atoms with Crippen molar-refractivity contribution in [3.8, 4) is 11.5 Å². The molecule has 3 aromatic rings. The average molecular weight is 432 g/mol. The molecule has 2 aromatic carbocycles. The maximum absolute atomic E-state index is 12.8. The van der Waals surface area contributed by atoms with Crippen LogP contribution in [0.2, 0.25) is 0 Å². The Morgan fingerprint density at radius 2 is 1.77 bits per heavy atom. The van der Waals surface area contributed by atoms with Crippen molar-refractivity contribution in [3.63, 3.8) is 0 Å². The Morgan fingerprint density at radius 3 is 2.50 bits per heavy atom. The zero-order valence-corrected chi connectivity index (χ0v) is 16.3. The summed E-state index contributed by atoms with van der Waals surface area (Å²) in [7, 11) is -3.90. The normalized spacial score (nSPS) is 15.2. The first kappa shape index (κ1) is 20.0. The van der Waals surface area contributed by atoms with Gasteiger partial charge in [0, 0.05) is 36.7 Å². The smallest absolute Gasteiger partial charge is 0.336 e. The fourth-order valence-electron chi connectivity index (χ4n) is 3.05. The molecule has 0 bridgehead atoms.